The first kappa shape index (κ1) is 9.90. The van der Waals surface area contributed by atoms with Crippen LogP contribution in [0.15, 0.2) is 18.2 Å². The molecule has 0 fully saturated rings. The van der Waals surface area contributed by atoms with Gasteiger partial charge >= 0.3 is 0 Å². The zero-order valence-electron chi connectivity index (χ0n) is 7.37. The number of anilines is 1. The Labute approximate surface area is 82.2 Å². The Balaban J connectivity index is 3.13. The Bertz CT molecular complexity index is 330. The van der Waals surface area contributed by atoms with Gasteiger partial charge in [0.05, 0.1) is 11.3 Å². The van der Waals surface area contributed by atoms with Gasteiger partial charge < -0.3 is 4.72 Å². The number of nitrogens with two attached hydrogens (primary N) is 1. The first-order valence-electron chi connectivity index (χ1n) is 3.97. The molecular weight excluding hydrogens is 182 g/mol. The minimum absolute atomic E-state index is 0.683. The van der Waals surface area contributed by atoms with E-state index in [9.17, 15) is 0 Å². The van der Waals surface area contributed by atoms with Crippen LogP contribution in [0.25, 0.3) is 0 Å². The number of nitrogens with one attached hydrogen (secondary N) is 1. The van der Waals surface area contributed by atoms with Crippen molar-refractivity contribution in [3.63, 3.8) is 0 Å². The topological polar surface area (TPSA) is 61.8 Å². The molecule has 3 nitrogen and oxygen atoms in total. The summed E-state index contributed by atoms with van der Waals surface area (Å²) in [5.74, 6) is 0. The fraction of sp³-hybridized carbons (Fsp3) is 0.222. The summed E-state index contributed by atoms with van der Waals surface area (Å²) in [6.45, 7) is 2.02. The van der Waals surface area contributed by atoms with Crippen LogP contribution in [-0.4, -0.2) is 0 Å². The van der Waals surface area contributed by atoms with Crippen LogP contribution in [0.1, 0.15) is 18.1 Å². The lowest BCUT2D eigenvalue weighted by Crippen LogP contribution is -1.97. The molecule has 0 aliphatic heterocycles. The molecule has 13 heavy (non-hydrogen) atoms. The maximum atomic E-state index is 8.92. The second kappa shape index (κ2) is 4.75. The van der Waals surface area contributed by atoms with E-state index in [1.165, 1.54) is 0 Å². The zero-order valence-corrected chi connectivity index (χ0v) is 8.19. The van der Waals surface area contributed by atoms with E-state index in [1.54, 1.807) is 0 Å². The Morgan fingerprint density at radius 3 is 2.92 bits per heavy atom. The molecule has 0 spiro atoms. The third-order valence-corrected chi connectivity index (χ3v) is 2.15. The van der Waals surface area contributed by atoms with Crippen molar-refractivity contribution in [1.29, 1.82) is 5.26 Å². The highest BCUT2D eigenvalue weighted by Crippen LogP contribution is 2.20. The number of hydrogen-bond acceptors (Lipinski definition) is 4. The van der Waals surface area contributed by atoms with Crippen LogP contribution in [0, 0.1) is 11.3 Å². The van der Waals surface area contributed by atoms with Gasteiger partial charge in [-0.2, -0.15) is 5.26 Å². The van der Waals surface area contributed by atoms with Crippen LogP contribution in [-0.2, 0) is 6.42 Å². The predicted octanol–water partition coefficient (Wildman–Crippen LogP) is 2.05. The van der Waals surface area contributed by atoms with Crippen LogP contribution in [0.4, 0.5) is 5.69 Å². The smallest absolute Gasteiger partial charge is 0.102 e. The molecule has 0 saturated carbocycles. The van der Waals surface area contributed by atoms with Crippen molar-refractivity contribution in [3.05, 3.63) is 29.3 Å². The zero-order chi connectivity index (χ0) is 9.68. The number of benzene rings is 1. The monoisotopic (exact) mass is 193 g/mol. The second-order valence-corrected chi connectivity index (χ2v) is 2.96. The molecule has 3 N–H and O–H groups in total. The van der Waals surface area contributed by atoms with Gasteiger partial charge in [0, 0.05) is 12.1 Å². The highest BCUT2D eigenvalue weighted by atomic mass is 32.2. The summed E-state index contributed by atoms with van der Waals surface area (Å²) in [6.07, 6.45) is 0.855. The highest BCUT2D eigenvalue weighted by Gasteiger charge is 2.04. The van der Waals surface area contributed by atoms with Crippen molar-refractivity contribution in [1.82, 2.24) is 0 Å². The Kier molecular flexibility index (Phi) is 3.62. The molecule has 4 heteroatoms. The van der Waals surface area contributed by atoms with Crippen LogP contribution in [0.5, 0.6) is 0 Å². The van der Waals surface area contributed by atoms with Crippen molar-refractivity contribution in [2.45, 2.75) is 13.3 Å². The average molecular weight is 193 g/mol. The molecule has 0 radical (unpaired) electrons. The quantitative estimate of drug-likeness (QED) is 0.721. The van der Waals surface area contributed by atoms with Crippen LogP contribution in [0.2, 0.25) is 0 Å². The molecule has 0 saturated heterocycles. The molecule has 0 aliphatic carbocycles. The number of aryl methyl sites for hydroxylation is 1. The molecule has 0 aromatic heterocycles. The molecule has 68 valence electrons. The van der Waals surface area contributed by atoms with E-state index in [4.69, 9.17) is 10.4 Å². The largest absolute Gasteiger partial charge is 0.316 e. The van der Waals surface area contributed by atoms with E-state index in [2.05, 4.69) is 10.8 Å². The molecule has 0 atom stereocenters. The number of nitriles is 1. The van der Waals surface area contributed by atoms with Crippen molar-refractivity contribution < 1.29 is 0 Å². The third-order valence-electron chi connectivity index (χ3n) is 1.81. The molecule has 1 rings (SSSR count). The van der Waals surface area contributed by atoms with Crippen molar-refractivity contribution in [2.24, 2.45) is 5.14 Å². The van der Waals surface area contributed by atoms with Gasteiger partial charge in [0.1, 0.15) is 6.07 Å². The third kappa shape index (κ3) is 2.14. The number of rotatable bonds is 3. The van der Waals surface area contributed by atoms with Gasteiger partial charge in [-0.3, -0.25) is 5.14 Å². The maximum Gasteiger partial charge on any atom is 0.102 e. The fourth-order valence-electron chi connectivity index (χ4n) is 1.18. The standard InChI is InChI=1S/C9H11N3S/c1-2-7-4-3-5-9(12-13-11)8(7)6-10/h3-5,12H,2,11H2,1H3. The van der Waals surface area contributed by atoms with E-state index in [0.717, 1.165) is 29.8 Å². The van der Waals surface area contributed by atoms with E-state index in [0.29, 0.717) is 5.56 Å². The lowest BCUT2D eigenvalue weighted by molar-refractivity contribution is 1.13. The van der Waals surface area contributed by atoms with Crippen molar-refractivity contribution >= 4 is 17.8 Å². The van der Waals surface area contributed by atoms with Gasteiger partial charge in [0.2, 0.25) is 0 Å². The van der Waals surface area contributed by atoms with Crippen LogP contribution < -0.4 is 9.86 Å². The van der Waals surface area contributed by atoms with Crippen molar-refractivity contribution in [3.8, 4) is 6.07 Å². The minimum atomic E-state index is 0.683. The molecule has 1 aromatic rings. The first-order valence-corrected chi connectivity index (χ1v) is 4.85. The Morgan fingerprint density at radius 2 is 2.38 bits per heavy atom. The summed E-state index contributed by atoms with van der Waals surface area (Å²) in [7, 11) is 0. The number of hydrogen-bond donors (Lipinski definition) is 2. The lowest BCUT2D eigenvalue weighted by atomic mass is 10.0. The van der Waals surface area contributed by atoms with Crippen molar-refractivity contribution in [2.75, 3.05) is 4.72 Å². The van der Waals surface area contributed by atoms with Gasteiger partial charge in [-0.25, -0.2) is 0 Å². The molecule has 1 aromatic carbocycles. The maximum absolute atomic E-state index is 8.92. The van der Waals surface area contributed by atoms with Gasteiger partial charge in [-0.15, -0.1) is 0 Å². The lowest BCUT2D eigenvalue weighted by Gasteiger charge is -2.07. The second-order valence-electron chi connectivity index (χ2n) is 2.52. The van der Waals surface area contributed by atoms with Crippen LogP contribution in [0.3, 0.4) is 0 Å². The van der Waals surface area contributed by atoms with Gasteiger partial charge in [-0.1, -0.05) is 19.1 Å². The molecule has 0 heterocycles. The summed E-state index contributed by atoms with van der Waals surface area (Å²) < 4.78 is 2.87. The Morgan fingerprint density at radius 1 is 1.62 bits per heavy atom. The first-order chi connectivity index (χ1) is 6.33. The van der Waals surface area contributed by atoms with E-state index in [-0.39, 0.29) is 0 Å². The SMILES string of the molecule is CCc1cccc(NSN)c1C#N. The number of nitrogens with zero attached hydrogens (tertiary/aromatic N) is 1. The molecule has 0 amide bonds. The molecule has 0 aliphatic rings. The summed E-state index contributed by atoms with van der Waals surface area (Å²) in [6, 6.07) is 7.88. The van der Waals surface area contributed by atoms with Gasteiger partial charge in [-0.05, 0) is 18.1 Å². The minimum Gasteiger partial charge on any atom is -0.316 e. The Hall–Kier alpha value is -1.18. The predicted molar refractivity (Wildman–Crippen MR) is 55.9 cm³/mol. The van der Waals surface area contributed by atoms with Crippen LogP contribution >= 0.6 is 12.1 Å². The van der Waals surface area contributed by atoms with E-state index >= 15 is 0 Å². The van der Waals surface area contributed by atoms with E-state index in [1.807, 2.05) is 25.1 Å². The molecule has 0 unspecified atom stereocenters. The summed E-state index contributed by atoms with van der Waals surface area (Å²) in [5.41, 5.74) is 2.51. The van der Waals surface area contributed by atoms with Gasteiger partial charge in [0.15, 0.2) is 0 Å². The summed E-state index contributed by atoms with van der Waals surface area (Å²) in [5, 5.41) is 14.2. The summed E-state index contributed by atoms with van der Waals surface area (Å²) in [4.78, 5) is 0. The van der Waals surface area contributed by atoms with Gasteiger partial charge in [0.25, 0.3) is 0 Å². The highest BCUT2D eigenvalue weighted by molar-refractivity contribution is 7.98. The fourth-order valence-corrected chi connectivity index (χ4v) is 1.47. The summed E-state index contributed by atoms with van der Waals surface area (Å²) >= 11 is 1.00. The normalized spacial score (nSPS) is 9.31. The average Bonchev–Trinajstić information content (AvgIpc) is 2.18. The van der Waals surface area contributed by atoms with E-state index < -0.39 is 0 Å². The molecular formula is C9H11N3S. The molecule has 0 bridgehead atoms.